The molecule has 20 heavy (non-hydrogen) atoms. The Hall–Kier alpha value is -1.01. The van der Waals surface area contributed by atoms with Crippen LogP contribution in [-0.4, -0.2) is 5.38 Å². The van der Waals surface area contributed by atoms with Crippen LogP contribution in [0, 0.1) is 0 Å². The average Bonchev–Trinajstić information content (AvgIpc) is 2.47. The lowest BCUT2D eigenvalue weighted by Crippen LogP contribution is -2.03. The zero-order valence-corrected chi connectivity index (χ0v) is 13.2. The molecular formula is C19H25Cl. The Morgan fingerprint density at radius 2 is 1.65 bits per heavy atom. The van der Waals surface area contributed by atoms with Crippen LogP contribution >= 0.6 is 11.6 Å². The highest BCUT2D eigenvalue weighted by Gasteiger charge is 2.08. The fraction of sp³-hybridized carbons (Fsp3) is 0.474. The van der Waals surface area contributed by atoms with Crippen LogP contribution in [0.5, 0.6) is 0 Å². The molecule has 0 aliphatic rings. The summed E-state index contributed by atoms with van der Waals surface area (Å²) in [6, 6.07) is 15.1. The molecule has 0 saturated carbocycles. The van der Waals surface area contributed by atoms with Crippen molar-refractivity contribution < 1.29 is 0 Å². The molecule has 1 atom stereocenters. The molecule has 0 heterocycles. The molecule has 0 nitrogen and oxygen atoms in total. The number of alkyl halides is 1. The highest BCUT2D eigenvalue weighted by molar-refractivity contribution is 6.20. The number of hydrogen-bond donors (Lipinski definition) is 0. The van der Waals surface area contributed by atoms with Gasteiger partial charge in [-0.15, -0.1) is 11.6 Å². The Morgan fingerprint density at radius 1 is 0.900 bits per heavy atom. The molecule has 0 aliphatic heterocycles. The van der Waals surface area contributed by atoms with Crippen molar-refractivity contribution in [2.75, 3.05) is 0 Å². The standard InChI is InChI=1S/C19H25Cl/c1-2-3-4-5-6-13-18(20)15-17-12-9-11-16-10-7-8-14-19(16)17/h7-12,14,18H,2-6,13,15H2,1H3. The van der Waals surface area contributed by atoms with Crippen molar-refractivity contribution in [3.63, 3.8) is 0 Å². The summed E-state index contributed by atoms with van der Waals surface area (Å²) in [7, 11) is 0. The van der Waals surface area contributed by atoms with Gasteiger partial charge in [0.15, 0.2) is 0 Å². The third-order valence-electron chi connectivity index (χ3n) is 3.94. The largest absolute Gasteiger partial charge is 0.123 e. The fourth-order valence-corrected chi connectivity index (χ4v) is 3.10. The number of fused-ring (bicyclic) bond motifs is 1. The average molecular weight is 289 g/mol. The van der Waals surface area contributed by atoms with Crippen molar-refractivity contribution in [3.05, 3.63) is 48.0 Å². The van der Waals surface area contributed by atoms with E-state index in [9.17, 15) is 0 Å². The Labute approximate surface area is 128 Å². The maximum atomic E-state index is 6.53. The Balaban J connectivity index is 1.88. The number of hydrogen-bond acceptors (Lipinski definition) is 0. The molecule has 108 valence electrons. The van der Waals surface area contributed by atoms with E-state index < -0.39 is 0 Å². The monoisotopic (exact) mass is 288 g/mol. The van der Waals surface area contributed by atoms with E-state index in [0.717, 1.165) is 12.8 Å². The van der Waals surface area contributed by atoms with Crippen molar-refractivity contribution in [2.24, 2.45) is 0 Å². The summed E-state index contributed by atoms with van der Waals surface area (Å²) < 4.78 is 0. The molecule has 0 radical (unpaired) electrons. The Kier molecular flexibility index (Phi) is 6.39. The van der Waals surface area contributed by atoms with Crippen LogP contribution in [0.3, 0.4) is 0 Å². The van der Waals surface area contributed by atoms with Gasteiger partial charge in [-0.05, 0) is 29.2 Å². The van der Waals surface area contributed by atoms with Gasteiger partial charge in [0.05, 0.1) is 0 Å². The second kappa shape index (κ2) is 8.32. The first kappa shape index (κ1) is 15.4. The predicted octanol–water partition coefficient (Wildman–Crippen LogP) is 6.35. The lowest BCUT2D eigenvalue weighted by atomic mass is 9.99. The SMILES string of the molecule is CCCCCCCC(Cl)Cc1cccc2ccccc12. The van der Waals surface area contributed by atoms with Gasteiger partial charge in [0.2, 0.25) is 0 Å². The smallest absolute Gasteiger partial charge is 0.0376 e. The first-order valence-corrected chi connectivity index (χ1v) is 8.35. The number of halogens is 1. The van der Waals surface area contributed by atoms with Crippen LogP contribution in [0.4, 0.5) is 0 Å². The van der Waals surface area contributed by atoms with E-state index in [1.54, 1.807) is 0 Å². The van der Waals surface area contributed by atoms with Crippen molar-refractivity contribution in [1.29, 1.82) is 0 Å². The third-order valence-corrected chi connectivity index (χ3v) is 4.31. The van der Waals surface area contributed by atoms with Crippen LogP contribution in [0.25, 0.3) is 10.8 Å². The molecule has 1 heteroatoms. The lowest BCUT2D eigenvalue weighted by Gasteiger charge is -2.11. The highest BCUT2D eigenvalue weighted by Crippen LogP contribution is 2.23. The molecule has 2 rings (SSSR count). The van der Waals surface area contributed by atoms with Gasteiger partial charge in [-0.25, -0.2) is 0 Å². The molecule has 0 aliphatic carbocycles. The molecule has 2 aromatic rings. The minimum Gasteiger partial charge on any atom is -0.123 e. The summed E-state index contributed by atoms with van der Waals surface area (Å²) in [5.74, 6) is 0. The summed E-state index contributed by atoms with van der Waals surface area (Å²) in [6.07, 6.45) is 8.72. The van der Waals surface area contributed by atoms with Crippen LogP contribution in [-0.2, 0) is 6.42 Å². The maximum absolute atomic E-state index is 6.53. The summed E-state index contributed by atoms with van der Waals surface area (Å²) in [5.41, 5.74) is 1.39. The quantitative estimate of drug-likeness (QED) is 0.392. The second-order valence-electron chi connectivity index (χ2n) is 5.64. The summed E-state index contributed by atoms with van der Waals surface area (Å²) in [4.78, 5) is 0. The molecule has 0 spiro atoms. The van der Waals surface area contributed by atoms with Crippen LogP contribution in [0.2, 0.25) is 0 Å². The van der Waals surface area contributed by atoms with Crippen LogP contribution in [0.15, 0.2) is 42.5 Å². The Morgan fingerprint density at radius 3 is 2.50 bits per heavy atom. The first-order chi connectivity index (χ1) is 9.81. The highest BCUT2D eigenvalue weighted by atomic mass is 35.5. The van der Waals surface area contributed by atoms with Crippen molar-refractivity contribution in [2.45, 2.75) is 57.2 Å². The molecule has 1 unspecified atom stereocenters. The van der Waals surface area contributed by atoms with Gasteiger partial charge in [-0.3, -0.25) is 0 Å². The van der Waals surface area contributed by atoms with E-state index in [2.05, 4.69) is 49.4 Å². The van der Waals surface area contributed by atoms with Gasteiger partial charge in [-0.2, -0.15) is 0 Å². The van der Waals surface area contributed by atoms with Gasteiger partial charge in [0.25, 0.3) is 0 Å². The predicted molar refractivity (Wildman–Crippen MR) is 90.7 cm³/mol. The lowest BCUT2D eigenvalue weighted by molar-refractivity contribution is 0.593. The minimum absolute atomic E-state index is 0.266. The normalized spacial score (nSPS) is 12.7. The molecular weight excluding hydrogens is 264 g/mol. The van der Waals surface area contributed by atoms with Crippen LogP contribution < -0.4 is 0 Å². The van der Waals surface area contributed by atoms with E-state index in [-0.39, 0.29) is 5.38 Å². The van der Waals surface area contributed by atoms with Gasteiger partial charge in [0.1, 0.15) is 0 Å². The molecule has 0 saturated heterocycles. The van der Waals surface area contributed by atoms with Crippen molar-refractivity contribution >= 4 is 22.4 Å². The fourth-order valence-electron chi connectivity index (χ4n) is 2.78. The van der Waals surface area contributed by atoms with Crippen molar-refractivity contribution in [3.8, 4) is 0 Å². The number of unbranched alkanes of at least 4 members (excludes halogenated alkanes) is 4. The molecule has 0 bridgehead atoms. The van der Waals surface area contributed by atoms with Gasteiger partial charge in [-0.1, -0.05) is 81.5 Å². The molecule has 0 N–H and O–H groups in total. The van der Waals surface area contributed by atoms with Gasteiger partial charge in [0, 0.05) is 5.38 Å². The molecule has 0 fully saturated rings. The van der Waals surface area contributed by atoms with E-state index in [0.29, 0.717) is 0 Å². The van der Waals surface area contributed by atoms with Gasteiger partial charge >= 0.3 is 0 Å². The van der Waals surface area contributed by atoms with Crippen molar-refractivity contribution in [1.82, 2.24) is 0 Å². The molecule has 0 aromatic heterocycles. The zero-order chi connectivity index (χ0) is 14.2. The summed E-state index contributed by atoms with van der Waals surface area (Å²) in [6.45, 7) is 2.25. The number of benzene rings is 2. The molecule has 2 aromatic carbocycles. The van der Waals surface area contributed by atoms with Gasteiger partial charge < -0.3 is 0 Å². The van der Waals surface area contributed by atoms with Crippen LogP contribution in [0.1, 0.15) is 51.0 Å². The number of rotatable bonds is 8. The Bertz CT molecular complexity index is 513. The zero-order valence-electron chi connectivity index (χ0n) is 12.4. The minimum atomic E-state index is 0.266. The molecule has 0 amide bonds. The van der Waals surface area contributed by atoms with E-state index in [1.165, 1.54) is 48.4 Å². The van der Waals surface area contributed by atoms with E-state index >= 15 is 0 Å². The summed E-state index contributed by atoms with van der Waals surface area (Å²) >= 11 is 6.53. The van der Waals surface area contributed by atoms with E-state index in [1.807, 2.05) is 0 Å². The summed E-state index contributed by atoms with van der Waals surface area (Å²) in [5, 5.41) is 2.94. The first-order valence-electron chi connectivity index (χ1n) is 7.92. The maximum Gasteiger partial charge on any atom is 0.0376 e. The topological polar surface area (TPSA) is 0 Å². The van der Waals surface area contributed by atoms with E-state index in [4.69, 9.17) is 11.6 Å². The second-order valence-corrected chi connectivity index (χ2v) is 6.26. The third kappa shape index (κ3) is 4.52.